The third-order valence-corrected chi connectivity index (χ3v) is 4.82. The summed E-state index contributed by atoms with van der Waals surface area (Å²) in [6, 6.07) is 11.8. The van der Waals surface area contributed by atoms with Crippen molar-refractivity contribution in [1.29, 1.82) is 0 Å². The van der Waals surface area contributed by atoms with Crippen LogP contribution in [0.2, 0.25) is 0 Å². The minimum atomic E-state index is -0.588. The first-order valence-electron chi connectivity index (χ1n) is 10.1. The lowest BCUT2D eigenvalue weighted by atomic mass is 10.1. The molecule has 0 radical (unpaired) electrons. The van der Waals surface area contributed by atoms with Crippen LogP contribution in [0.4, 0.5) is 14.9 Å². The van der Waals surface area contributed by atoms with Crippen molar-refractivity contribution in [1.82, 2.24) is 9.88 Å². The number of H-pyrrole nitrogens is 1. The monoisotopic (exact) mass is 425 g/mol. The molecule has 6 nitrogen and oxygen atoms in total. The fourth-order valence-corrected chi connectivity index (χ4v) is 3.38. The Balaban J connectivity index is 1.74. The molecule has 0 unspecified atom stereocenters. The number of aromatic amines is 1. The van der Waals surface area contributed by atoms with Gasteiger partial charge in [-0.05, 0) is 63.1 Å². The number of hydrogen-bond acceptors (Lipinski definition) is 3. The molecule has 0 aliphatic rings. The number of anilines is 1. The number of para-hydroxylation sites is 1. The van der Waals surface area contributed by atoms with E-state index in [0.29, 0.717) is 11.1 Å². The van der Waals surface area contributed by atoms with E-state index in [2.05, 4.69) is 10.3 Å². The molecule has 0 atom stereocenters. The Morgan fingerprint density at radius 2 is 1.87 bits per heavy atom. The van der Waals surface area contributed by atoms with E-state index in [0.717, 1.165) is 22.3 Å². The summed E-state index contributed by atoms with van der Waals surface area (Å²) in [5, 5.41) is 3.62. The molecule has 1 aromatic heterocycles. The zero-order valence-electron chi connectivity index (χ0n) is 18.5. The van der Waals surface area contributed by atoms with Crippen LogP contribution < -0.4 is 5.32 Å². The number of benzene rings is 2. The predicted molar refractivity (Wildman–Crippen MR) is 119 cm³/mol. The van der Waals surface area contributed by atoms with Gasteiger partial charge in [-0.1, -0.05) is 18.2 Å². The fraction of sp³-hybridized carbons (Fsp3) is 0.333. The zero-order chi connectivity index (χ0) is 22.8. The molecule has 3 aromatic rings. The summed E-state index contributed by atoms with van der Waals surface area (Å²) in [6.45, 7) is 7.58. The van der Waals surface area contributed by atoms with Gasteiger partial charge >= 0.3 is 6.09 Å². The quantitative estimate of drug-likeness (QED) is 0.593. The molecule has 1 heterocycles. The van der Waals surface area contributed by atoms with E-state index in [1.807, 2.05) is 45.9 Å². The molecule has 7 heteroatoms. The van der Waals surface area contributed by atoms with E-state index < -0.39 is 11.7 Å². The Labute approximate surface area is 181 Å². The molecule has 0 saturated heterocycles. The normalized spacial score (nSPS) is 11.4. The number of carbonyl (C=O) groups excluding carboxylic acids is 2. The molecule has 0 aliphatic heterocycles. The van der Waals surface area contributed by atoms with Crippen LogP contribution in [0.25, 0.3) is 10.9 Å². The second-order valence-electron chi connectivity index (χ2n) is 8.64. The average Bonchev–Trinajstić information content (AvgIpc) is 2.96. The van der Waals surface area contributed by atoms with Gasteiger partial charge in [0.15, 0.2) is 0 Å². The molecule has 3 rings (SSSR count). The fourth-order valence-electron chi connectivity index (χ4n) is 3.38. The number of carbonyl (C=O) groups is 2. The highest BCUT2D eigenvalue weighted by atomic mass is 19.1. The Hall–Kier alpha value is -3.35. The van der Waals surface area contributed by atoms with Crippen molar-refractivity contribution in [2.75, 3.05) is 12.4 Å². The van der Waals surface area contributed by atoms with Crippen molar-refractivity contribution in [3.8, 4) is 0 Å². The van der Waals surface area contributed by atoms with Crippen LogP contribution in [-0.2, 0) is 22.5 Å². The van der Waals surface area contributed by atoms with Crippen molar-refractivity contribution < 1.29 is 18.7 Å². The number of fused-ring (bicyclic) bond motifs is 1. The Kier molecular flexibility index (Phi) is 6.34. The Bertz CT molecular complexity index is 1110. The highest BCUT2D eigenvalue weighted by molar-refractivity contribution is 5.97. The van der Waals surface area contributed by atoms with E-state index >= 15 is 0 Å². The summed E-state index contributed by atoms with van der Waals surface area (Å²) in [5.41, 5.74) is 3.19. The number of halogens is 1. The topological polar surface area (TPSA) is 74.4 Å². The SMILES string of the molecule is Cc1[nH]c2ccc(F)cc2c1CC(=O)Nc1ccccc1CN(C)C(=O)OC(C)(C)C. The van der Waals surface area contributed by atoms with Crippen LogP contribution in [0.3, 0.4) is 0 Å². The lowest BCUT2D eigenvalue weighted by Gasteiger charge is -2.25. The zero-order valence-corrected chi connectivity index (χ0v) is 18.5. The number of aryl methyl sites for hydroxylation is 1. The molecular weight excluding hydrogens is 397 g/mol. The summed E-state index contributed by atoms with van der Waals surface area (Å²) in [4.78, 5) is 29.7. The summed E-state index contributed by atoms with van der Waals surface area (Å²) >= 11 is 0. The predicted octanol–water partition coefficient (Wildman–Crippen LogP) is 5.16. The molecule has 31 heavy (non-hydrogen) atoms. The highest BCUT2D eigenvalue weighted by Crippen LogP contribution is 2.25. The van der Waals surface area contributed by atoms with Crippen LogP contribution >= 0.6 is 0 Å². The second-order valence-corrected chi connectivity index (χ2v) is 8.64. The van der Waals surface area contributed by atoms with Gasteiger partial charge in [-0.15, -0.1) is 0 Å². The van der Waals surface area contributed by atoms with Gasteiger partial charge in [0.1, 0.15) is 11.4 Å². The average molecular weight is 426 g/mol. The molecule has 0 bridgehead atoms. The van der Waals surface area contributed by atoms with Gasteiger partial charge in [-0.25, -0.2) is 9.18 Å². The summed E-state index contributed by atoms with van der Waals surface area (Å²) in [6.07, 6.45) is -0.337. The number of rotatable bonds is 5. The molecule has 2 aromatic carbocycles. The lowest BCUT2D eigenvalue weighted by Crippen LogP contribution is -2.34. The second kappa shape index (κ2) is 8.79. The van der Waals surface area contributed by atoms with E-state index in [1.54, 1.807) is 19.2 Å². The van der Waals surface area contributed by atoms with Crippen molar-refractivity contribution in [2.24, 2.45) is 0 Å². The molecule has 2 amide bonds. The largest absolute Gasteiger partial charge is 0.444 e. The molecule has 0 aliphatic carbocycles. The van der Waals surface area contributed by atoms with E-state index in [9.17, 15) is 14.0 Å². The third-order valence-electron chi connectivity index (χ3n) is 4.82. The molecule has 0 saturated carbocycles. The maximum Gasteiger partial charge on any atom is 0.410 e. The highest BCUT2D eigenvalue weighted by Gasteiger charge is 2.21. The summed E-state index contributed by atoms with van der Waals surface area (Å²) < 4.78 is 19.1. The van der Waals surface area contributed by atoms with Crippen LogP contribution in [0.1, 0.15) is 37.6 Å². The van der Waals surface area contributed by atoms with Gasteiger partial charge in [0, 0.05) is 29.3 Å². The Morgan fingerprint density at radius 3 is 2.58 bits per heavy atom. The van der Waals surface area contributed by atoms with Crippen molar-refractivity contribution in [3.05, 3.63) is 65.1 Å². The maximum absolute atomic E-state index is 13.7. The number of nitrogens with one attached hydrogen (secondary N) is 2. The molecule has 0 spiro atoms. The molecular formula is C24H28FN3O3. The number of ether oxygens (including phenoxy) is 1. The number of hydrogen-bond donors (Lipinski definition) is 2. The minimum absolute atomic E-state index is 0.103. The van der Waals surface area contributed by atoms with E-state index in [4.69, 9.17) is 4.74 Å². The van der Waals surface area contributed by atoms with Gasteiger partial charge in [0.25, 0.3) is 0 Å². The maximum atomic E-state index is 13.7. The Morgan fingerprint density at radius 1 is 1.16 bits per heavy atom. The first kappa shape index (κ1) is 22.3. The number of aromatic nitrogens is 1. The third kappa shape index (κ3) is 5.63. The number of amides is 2. The van der Waals surface area contributed by atoms with E-state index in [1.165, 1.54) is 17.0 Å². The molecule has 0 fully saturated rings. The van der Waals surface area contributed by atoms with Gasteiger partial charge < -0.3 is 19.9 Å². The molecule has 164 valence electrons. The summed E-state index contributed by atoms with van der Waals surface area (Å²) in [7, 11) is 1.65. The minimum Gasteiger partial charge on any atom is -0.444 e. The van der Waals surface area contributed by atoms with Crippen LogP contribution in [0.5, 0.6) is 0 Å². The summed E-state index contributed by atoms with van der Waals surface area (Å²) in [5.74, 6) is -0.565. The van der Waals surface area contributed by atoms with Gasteiger partial charge in [-0.3, -0.25) is 4.79 Å². The molecule has 2 N–H and O–H groups in total. The number of nitrogens with zero attached hydrogens (tertiary/aromatic N) is 1. The van der Waals surface area contributed by atoms with Crippen molar-refractivity contribution in [2.45, 2.75) is 46.3 Å². The first-order chi connectivity index (χ1) is 14.5. The van der Waals surface area contributed by atoms with Crippen molar-refractivity contribution in [3.63, 3.8) is 0 Å². The van der Waals surface area contributed by atoms with Gasteiger partial charge in [0.2, 0.25) is 5.91 Å². The van der Waals surface area contributed by atoms with Crippen LogP contribution in [0.15, 0.2) is 42.5 Å². The van der Waals surface area contributed by atoms with Gasteiger partial charge in [0.05, 0.1) is 13.0 Å². The van der Waals surface area contributed by atoms with Gasteiger partial charge in [-0.2, -0.15) is 0 Å². The first-order valence-corrected chi connectivity index (χ1v) is 10.1. The van der Waals surface area contributed by atoms with Crippen LogP contribution in [-0.4, -0.2) is 34.5 Å². The smallest absolute Gasteiger partial charge is 0.410 e. The van der Waals surface area contributed by atoms with Crippen LogP contribution in [0, 0.1) is 12.7 Å². The van der Waals surface area contributed by atoms with Crippen molar-refractivity contribution >= 4 is 28.6 Å². The lowest BCUT2D eigenvalue weighted by molar-refractivity contribution is -0.115. The standard InChI is InChI=1S/C24H28FN3O3/c1-15-18(19-12-17(25)10-11-21(19)26-15)13-22(29)27-20-9-7-6-8-16(20)14-28(5)23(30)31-24(2,3)4/h6-12,26H,13-14H2,1-5H3,(H,27,29). The van der Waals surface area contributed by atoms with E-state index in [-0.39, 0.29) is 24.7 Å².